The summed E-state index contributed by atoms with van der Waals surface area (Å²) in [4.78, 5) is 30.4. The highest BCUT2D eigenvalue weighted by Crippen LogP contribution is 2.21. The van der Waals surface area contributed by atoms with Gasteiger partial charge in [0.05, 0.1) is 5.56 Å². The van der Waals surface area contributed by atoms with Crippen molar-refractivity contribution in [2.45, 2.75) is 40.2 Å². The monoisotopic (exact) mass is 483 g/mol. The maximum atomic E-state index is 12.9. The third-order valence-corrected chi connectivity index (χ3v) is 5.86. The summed E-state index contributed by atoms with van der Waals surface area (Å²) in [7, 11) is 1.58. The van der Waals surface area contributed by atoms with Crippen LogP contribution in [0.25, 0.3) is 0 Å². The van der Waals surface area contributed by atoms with E-state index in [0.717, 1.165) is 15.7 Å². The quantitative estimate of drug-likeness (QED) is 0.384. The minimum Gasteiger partial charge on any atom is -0.443 e. The number of aliphatic hydroxyl groups excluding tert-OH is 1. The van der Waals surface area contributed by atoms with Gasteiger partial charge in [-0.1, -0.05) is 48.4 Å². The minimum atomic E-state index is -0.483. The molecule has 180 valence electrons. The van der Waals surface area contributed by atoms with E-state index >= 15 is 0 Å². The van der Waals surface area contributed by atoms with Crippen LogP contribution in [-0.2, 0) is 20.0 Å². The Labute approximate surface area is 203 Å². The van der Waals surface area contributed by atoms with Gasteiger partial charge in [-0.05, 0) is 56.5 Å². The first-order valence-corrected chi connectivity index (χ1v) is 11.6. The molecule has 0 unspecified atom stereocenters. The topological polar surface area (TPSA) is 85.8 Å². The van der Waals surface area contributed by atoms with Crippen molar-refractivity contribution in [3.8, 4) is 5.75 Å². The van der Waals surface area contributed by atoms with E-state index < -0.39 is 11.2 Å². The van der Waals surface area contributed by atoms with Crippen LogP contribution in [0.15, 0.2) is 63.1 Å². The minimum absolute atomic E-state index is 0.106. The molecule has 0 aliphatic carbocycles. The first-order chi connectivity index (χ1) is 16.2. The number of aliphatic imine (C=N–C) groups is 1. The molecule has 2 aromatic carbocycles. The van der Waals surface area contributed by atoms with E-state index in [0.29, 0.717) is 35.1 Å². The van der Waals surface area contributed by atoms with Crippen molar-refractivity contribution in [1.82, 2.24) is 9.13 Å². The lowest BCUT2D eigenvalue weighted by molar-refractivity contribution is 0.277. The van der Waals surface area contributed by atoms with E-state index in [1.54, 1.807) is 14.0 Å². The Balaban J connectivity index is 2.06. The summed E-state index contributed by atoms with van der Waals surface area (Å²) in [5.74, 6) is 1.10. The number of ether oxygens (including phenoxy) is 1. The fourth-order valence-electron chi connectivity index (χ4n) is 3.62. The van der Waals surface area contributed by atoms with Gasteiger partial charge in [-0.3, -0.25) is 13.9 Å². The number of aliphatic hydroxyl groups is 1. The molecule has 0 saturated carbocycles. The van der Waals surface area contributed by atoms with Gasteiger partial charge in [0.1, 0.15) is 11.6 Å². The molecule has 0 radical (unpaired) electrons. The van der Waals surface area contributed by atoms with E-state index in [1.165, 1.54) is 4.57 Å². The Morgan fingerprint density at radius 3 is 2.35 bits per heavy atom. The van der Waals surface area contributed by atoms with Gasteiger partial charge in [0.25, 0.3) is 5.56 Å². The van der Waals surface area contributed by atoms with Gasteiger partial charge >= 0.3 is 5.69 Å². The van der Waals surface area contributed by atoms with Crippen LogP contribution >= 0.6 is 11.6 Å². The van der Waals surface area contributed by atoms with E-state index in [4.69, 9.17) is 26.4 Å². The van der Waals surface area contributed by atoms with E-state index in [2.05, 4.69) is 0 Å². The van der Waals surface area contributed by atoms with E-state index in [-0.39, 0.29) is 24.9 Å². The molecule has 0 spiro atoms. The maximum absolute atomic E-state index is 12.9. The van der Waals surface area contributed by atoms with E-state index in [9.17, 15) is 9.59 Å². The van der Waals surface area contributed by atoms with Gasteiger partial charge in [0.2, 0.25) is 0 Å². The zero-order chi connectivity index (χ0) is 24.8. The lowest BCUT2D eigenvalue weighted by atomic mass is 10.0. The Bertz CT molecular complexity index is 1240. The summed E-state index contributed by atoms with van der Waals surface area (Å²) in [6.07, 6.45) is 0.944. The molecule has 34 heavy (non-hydrogen) atoms. The van der Waals surface area contributed by atoms with Crippen molar-refractivity contribution in [3.05, 3.63) is 91.1 Å². The number of hydrogen-bond donors (Lipinski definition) is 1. The molecule has 7 nitrogen and oxygen atoms in total. The highest BCUT2D eigenvalue weighted by Gasteiger charge is 2.19. The normalized spacial score (nSPS) is 12.6. The average molecular weight is 484 g/mol. The number of aromatic nitrogens is 2. The van der Waals surface area contributed by atoms with Gasteiger partial charge in [0.15, 0.2) is 5.90 Å². The van der Waals surface area contributed by atoms with Crippen molar-refractivity contribution in [3.63, 3.8) is 0 Å². The Morgan fingerprint density at radius 1 is 1.09 bits per heavy atom. The lowest BCUT2D eigenvalue weighted by Crippen LogP contribution is -2.40. The summed E-state index contributed by atoms with van der Waals surface area (Å²) < 4.78 is 8.66. The molecule has 1 atom stereocenters. The van der Waals surface area contributed by atoms with E-state index in [1.807, 2.05) is 62.4 Å². The molecule has 0 fully saturated rings. The van der Waals surface area contributed by atoms with Crippen molar-refractivity contribution < 1.29 is 9.84 Å². The van der Waals surface area contributed by atoms with Crippen molar-refractivity contribution in [1.29, 1.82) is 0 Å². The molecule has 0 aliphatic heterocycles. The van der Waals surface area contributed by atoms with Gasteiger partial charge < -0.3 is 9.84 Å². The summed E-state index contributed by atoms with van der Waals surface area (Å²) in [6, 6.07) is 15.2. The number of hydrogen-bond acceptors (Lipinski definition) is 5. The molecule has 8 heteroatoms. The number of aryl methyl sites for hydroxylation is 1. The number of rotatable bonds is 8. The summed E-state index contributed by atoms with van der Waals surface area (Å²) in [5.41, 5.74) is 1.59. The van der Waals surface area contributed by atoms with Crippen LogP contribution in [0, 0.1) is 19.8 Å². The molecule has 1 aromatic heterocycles. The average Bonchev–Trinajstić information content (AvgIpc) is 2.82. The smallest absolute Gasteiger partial charge is 0.332 e. The van der Waals surface area contributed by atoms with Crippen molar-refractivity contribution in [2.75, 3.05) is 6.61 Å². The van der Waals surface area contributed by atoms with Crippen LogP contribution < -0.4 is 16.0 Å². The second-order valence-electron chi connectivity index (χ2n) is 8.42. The predicted molar refractivity (Wildman–Crippen MR) is 136 cm³/mol. The SMILES string of the molecule is Cc1ccc(O/C(=N/c2c(C)c(=O)n(CCCO)c(=O)n2C)[C@@H](C)Cc2ccc(Cl)cc2)cc1. The highest BCUT2D eigenvalue weighted by atomic mass is 35.5. The van der Waals surface area contributed by atoms with Crippen LogP contribution in [0.2, 0.25) is 5.02 Å². The van der Waals surface area contributed by atoms with Crippen molar-refractivity contribution >= 4 is 23.3 Å². The number of halogens is 1. The number of nitrogens with zero attached hydrogens (tertiary/aromatic N) is 3. The largest absolute Gasteiger partial charge is 0.443 e. The zero-order valence-corrected chi connectivity index (χ0v) is 20.7. The molecular formula is C26H30ClN3O4. The Morgan fingerprint density at radius 2 is 1.74 bits per heavy atom. The summed E-state index contributed by atoms with van der Waals surface area (Å²) in [6.45, 7) is 5.66. The van der Waals surface area contributed by atoms with Crippen LogP contribution in [0.4, 0.5) is 5.82 Å². The lowest BCUT2D eigenvalue weighted by Gasteiger charge is -2.18. The fourth-order valence-corrected chi connectivity index (χ4v) is 3.75. The second-order valence-corrected chi connectivity index (χ2v) is 8.86. The Kier molecular flexibility index (Phi) is 8.47. The second kappa shape index (κ2) is 11.3. The molecule has 3 rings (SSSR count). The number of benzene rings is 2. The maximum Gasteiger partial charge on any atom is 0.332 e. The van der Waals surface area contributed by atoms with Gasteiger partial charge in [-0.2, -0.15) is 4.99 Å². The molecule has 0 aliphatic rings. The summed E-state index contributed by atoms with van der Waals surface area (Å²) >= 11 is 6.02. The highest BCUT2D eigenvalue weighted by molar-refractivity contribution is 6.30. The first-order valence-electron chi connectivity index (χ1n) is 11.2. The van der Waals surface area contributed by atoms with Gasteiger partial charge in [-0.15, -0.1) is 0 Å². The molecular weight excluding hydrogens is 454 g/mol. The third kappa shape index (κ3) is 6.04. The summed E-state index contributed by atoms with van der Waals surface area (Å²) in [5, 5.41) is 9.77. The molecule has 0 amide bonds. The van der Waals surface area contributed by atoms with Crippen LogP contribution in [0.5, 0.6) is 5.75 Å². The molecule has 1 heterocycles. The van der Waals surface area contributed by atoms with Gasteiger partial charge in [-0.25, -0.2) is 4.79 Å². The zero-order valence-electron chi connectivity index (χ0n) is 19.9. The Hall–Kier alpha value is -3.16. The van der Waals surface area contributed by atoms with Crippen LogP contribution in [0.1, 0.15) is 30.0 Å². The first kappa shape index (κ1) is 25.5. The standard InChI is InChI=1S/C26H30ClN3O4/c1-17-6-12-22(13-7-17)34-24(18(2)16-20-8-10-21(27)11-9-20)28-23-19(3)25(32)30(14-5-15-31)26(33)29(23)4/h6-13,18,31H,5,14-16H2,1-4H3/b28-24+/t18-/m0/s1. The van der Waals surface area contributed by atoms with Crippen LogP contribution in [-0.4, -0.2) is 26.7 Å². The molecule has 1 N–H and O–H groups in total. The molecule has 3 aromatic rings. The van der Waals surface area contributed by atoms with Crippen LogP contribution in [0.3, 0.4) is 0 Å². The molecule has 0 bridgehead atoms. The van der Waals surface area contributed by atoms with Crippen molar-refractivity contribution in [2.24, 2.45) is 18.0 Å². The van der Waals surface area contributed by atoms with Gasteiger partial charge in [0, 0.05) is 31.1 Å². The molecule has 0 saturated heterocycles. The predicted octanol–water partition coefficient (Wildman–Crippen LogP) is 4.19. The third-order valence-electron chi connectivity index (χ3n) is 5.61. The fraction of sp³-hybridized carbons (Fsp3) is 0.346.